The van der Waals surface area contributed by atoms with Gasteiger partial charge >= 0.3 is 0 Å². The third-order valence-electron chi connectivity index (χ3n) is 3.73. The van der Waals surface area contributed by atoms with Gasteiger partial charge in [-0.1, -0.05) is 41.4 Å². The normalized spacial score (nSPS) is 10.7. The SMILES string of the molecule is Cc1ccc(SCCCC(=O)Nc2nc(-c3ccc(Cl)cc3)cs2)cc1. The summed E-state index contributed by atoms with van der Waals surface area (Å²) in [6, 6.07) is 16.0. The van der Waals surface area contributed by atoms with E-state index in [1.807, 2.05) is 29.6 Å². The molecule has 6 heteroatoms. The highest BCUT2D eigenvalue weighted by molar-refractivity contribution is 7.99. The van der Waals surface area contributed by atoms with Crippen LogP contribution in [0.25, 0.3) is 11.3 Å². The van der Waals surface area contributed by atoms with Gasteiger partial charge in [-0.3, -0.25) is 4.79 Å². The summed E-state index contributed by atoms with van der Waals surface area (Å²) in [5.74, 6) is 0.927. The highest BCUT2D eigenvalue weighted by atomic mass is 35.5. The monoisotopic (exact) mass is 402 g/mol. The Bertz CT molecular complexity index is 860. The summed E-state index contributed by atoms with van der Waals surface area (Å²) >= 11 is 9.11. The van der Waals surface area contributed by atoms with Crippen LogP contribution in [0.4, 0.5) is 5.13 Å². The Balaban J connectivity index is 1.43. The number of nitrogens with one attached hydrogen (secondary N) is 1. The number of hydrogen-bond acceptors (Lipinski definition) is 4. The van der Waals surface area contributed by atoms with E-state index in [-0.39, 0.29) is 5.91 Å². The first-order chi connectivity index (χ1) is 12.6. The standard InChI is InChI=1S/C20H19ClN2OS2/c1-14-4-10-17(11-5-14)25-12-2-3-19(24)23-20-22-18(13-26-20)15-6-8-16(21)9-7-15/h4-11,13H,2-3,12H2,1H3,(H,22,23,24). The maximum absolute atomic E-state index is 12.1. The minimum absolute atomic E-state index is 0.00603. The lowest BCUT2D eigenvalue weighted by molar-refractivity contribution is -0.116. The maximum Gasteiger partial charge on any atom is 0.226 e. The van der Waals surface area contributed by atoms with Crippen LogP contribution < -0.4 is 5.32 Å². The summed E-state index contributed by atoms with van der Waals surface area (Å²) in [6.07, 6.45) is 1.33. The van der Waals surface area contributed by atoms with Crippen LogP contribution in [0.2, 0.25) is 5.02 Å². The van der Waals surface area contributed by atoms with Crippen LogP contribution in [-0.2, 0) is 4.79 Å². The van der Waals surface area contributed by atoms with Gasteiger partial charge in [0.25, 0.3) is 0 Å². The molecule has 1 N–H and O–H groups in total. The molecule has 134 valence electrons. The van der Waals surface area contributed by atoms with Crippen LogP contribution in [-0.4, -0.2) is 16.6 Å². The minimum atomic E-state index is 0.00603. The second-order valence-electron chi connectivity index (χ2n) is 5.86. The largest absolute Gasteiger partial charge is 0.302 e. The predicted octanol–water partition coefficient (Wildman–Crippen LogP) is 6.28. The summed E-state index contributed by atoms with van der Waals surface area (Å²) in [4.78, 5) is 17.8. The first kappa shape index (κ1) is 19.0. The molecule has 0 saturated heterocycles. The third-order valence-corrected chi connectivity index (χ3v) is 5.84. The zero-order chi connectivity index (χ0) is 18.4. The summed E-state index contributed by atoms with van der Waals surface area (Å²) in [6.45, 7) is 2.08. The zero-order valence-corrected chi connectivity index (χ0v) is 16.8. The molecular formula is C20H19ClN2OS2. The van der Waals surface area contributed by atoms with Crippen LogP contribution in [0.5, 0.6) is 0 Å². The van der Waals surface area contributed by atoms with Gasteiger partial charge < -0.3 is 5.32 Å². The van der Waals surface area contributed by atoms with Gasteiger partial charge in [-0.2, -0.15) is 0 Å². The number of carbonyl (C=O) groups is 1. The van der Waals surface area contributed by atoms with Gasteiger partial charge in [0.15, 0.2) is 5.13 Å². The second kappa shape index (κ2) is 9.21. The van der Waals surface area contributed by atoms with Crippen molar-refractivity contribution in [3.05, 3.63) is 64.5 Å². The lowest BCUT2D eigenvalue weighted by atomic mass is 10.2. The van der Waals surface area contributed by atoms with Gasteiger partial charge in [0.05, 0.1) is 5.69 Å². The number of rotatable bonds is 7. The average molecular weight is 403 g/mol. The fourth-order valence-corrected chi connectivity index (χ4v) is 4.04. The Morgan fingerprint density at radius 3 is 2.62 bits per heavy atom. The van der Waals surface area contributed by atoms with Gasteiger partial charge in [-0.15, -0.1) is 23.1 Å². The van der Waals surface area contributed by atoms with E-state index in [2.05, 4.69) is 41.5 Å². The number of thioether (sulfide) groups is 1. The minimum Gasteiger partial charge on any atom is -0.302 e. The van der Waals surface area contributed by atoms with Gasteiger partial charge in [0, 0.05) is 27.3 Å². The molecule has 0 fully saturated rings. The molecule has 1 heterocycles. The van der Waals surface area contributed by atoms with Crippen molar-refractivity contribution in [2.45, 2.75) is 24.7 Å². The fraction of sp³-hybridized carbons (Fsp3) is 0.200. The Morgan fingerprint density at radius 2 is 1.88 bits per heavy atom. The molecule has 1 aromatic heterocycles. The molecule has 3 rings (SSSR count). The number of thiazole rings is 1. The van der Waals surface area contributed by atoms with E-state index in [1.165, 1.54) is 21.8 Å². The number of amides is 1. The first-order valence-electron chi connectivity index (χ1n) is 8.31. The molecule has 0 aliphatic heterocycles. The predicted molar refractivity (Wildman–Crippen MR) is 112 cm³/mol. The van der Waals surface area contributed by atoms with Crippen LogP contribution in [0.3, 0.4) is 0 Å². The van der Waals surface area contributed by atoms with Gasteiger partial charge in [0.1, 0.15) is 0 Å². The van der Waals surface area contributed by atoms with E-state index in [9.17, 15) is 4.79 Å². The molecule has 26 heavy (non-hydrogen) atoms. The molecular weight excluding hydrogens is 384 g/mol. The number of benzene rings is 2. The third kappa shape index (κ3) is 5.59. The molecule has 2 aromatic carbocycles. The van der Waals surface area contributed by atoms with Gasteiger partial charge in [0.2, 0.25) is 5.91 Å². The molecule has 0 bridgehead atoms. The van der Waals surface area contributed by atoms with E-state index >= 15 is 0 Å². The Morgan fingerprint density at radius 1 is 1.15 bits per heavy atom. The number of hydrogen-bond donors (Lipinski definition) is 1. The molecule has 3 aromatic rings. The highest BCUT2D eigenvalue weighted by Gasteiger charge is 2.08. The number of aryl methyl sites for hydroxylation is 1. The fourth-order valence-electron chi connectivity index (χ4n) is 2.32. The number of nitrogens with zero attached hydrogens (tertiary/aromatic N) is 1. The van der Waals surface area contributed by atoms with Crippen molar-refractivity contribution in [1.29, 1.82) is 0 Å². The Kier molecular flexibility index (Phi) is 6.72. The lowest BCUT2D eigenvalue weighted by Crippen LogP contribution is -2.11. The van der Waals surface area contributed by atoms with E-state index < -0.39 is 0 Å². The molecule has 0 atom stereocenters. The average Bonchev–Trinajstić information content (AvgIpc) is 3.09. The van der Waals surface area contributed by atoms with Crippen LogP contribution in [0.1, 0.15) is 18.4 Å². The van der Waals surface area contributed by atoms with Gasteiger partial charge in [-0.05, 0) is 43.4 Å². The molecule has 0 spiro atoms. The van der Waals surface area contributed by atoms with Crippen molar-refractivity contribution >= 4 is 45.7 Å². The van der Waals surface area contributed by atoms with Gasteiger partial charge in [-0.25, -0.2) is 4.98 Å². The Labute approximate surface area is 166 Å². The maximum atomic E-state index is 12.1. The van der Waals surface area contributed by atoms with Crippen LogP contribution >= 0.6 is 34.7 Å². The van der Waals surface area contributed by atoms with E-state index in [0.29, 0.717) is 16.6 Å². The molecule has 0 aliphatic rings. The van der Waals surface area contributed by atoms with Crippen molar-refractivity contribution in [1.82, 2.24) is 4.98 Å². The smallest absolute Gasteiger partial charge is 0.226 e. The summed E-state index contributed by atoms with van der Waals surface area (Å²) in [5, 5.41) is 6.15. The molecule has 0 saturated carbocycles. The van der Waals surface area contributed by atoms with Crippen molar-refractivity contribution in [3.63, 3.8) is 0 Å². The topological polar surface area (TPSA) is 42.0 Å². The second-order valence-corrected chi connectivity index (χ2v) is 8.32. The van der Waals surface area contributed by atoms with Crippen molar-refractivity contribution < 1.29 is 4.79 Å². The van der Waals surface area contributed by atoms with Crippen molar-refractivity contribution in [3.8, 4) is 11.3 Å². The zero-order valence-electron chi connectivity index (χ0n) is 14.4. The van der Waals surface area contributed by atoms with E-state index in [0.717, 1.165) is 23.4 Å². The number of anilines is 1. The first-order valence-corrected chi connectivity index (χ1v) is 10.6. The molecule has 3 nitrogen and oxygen atoms in total. The van der Waals surface area contributed by atoms with E-state index in [1.54, 1.807) is 11.8 Å². The van der Waals surface area contributed by atoms with E-state index in [4.69, 9.17) is 11.6 Å². The number of aromatic nitrogens is 1. The molecule has 0 radical (unpaired) electrons. The summed E-state index contributed by atoms with van der Waals surface area (Å²) in [7, 11) is 0. The summed E-state index contributed by atoms with van der Waals surface area (Å²) in [5.41, 5.74) is 3.09. The van der Waals surface area contributed by atoms with Crippen LogP contribution in [0.15, 0.2) is 58.8 Å². The Hall–Kier alpha value is -1.82. The number of halogens is 1. The number of carbonyl (C=O) groups excluding carboxylic acids is 1. The summed E-state index contributed by atoms with van der Waals surface area (Å²) < 4.78 is 0. The van der Waals surface area contributed by atoms with Crippen molar-refractivity contribution in [2.75, 3.05) is 11.1 Å². The quantitative estimate of drug-likeness (QED) is 0.373. The molecule has 0 unspecified atom stereocenters. The van der Waals surface area contributed by atoms with Crippen molar-refractivity contribution in [2.24, 2.45) is 0 Å². The van der Waals surface area contributed by atoms with Crippen LogP contribution in [0, 0.1) is 6.92 Å². The molecule has 1 amide bonds. The lowest BCUT2D eigenvalue weighted by Gasteiger charge is -2.03. The highest BCUT2D eigenvalue weighted by Crippen LogP contribution is 2.26. The molecule has 0 aliphatic carbocycles.